The number of amides is 1. The highest BCUT2D eigenvalue weighted by Crippen LogP contribution is 2.33. The predicted octanol–water partition coefficient (Wildman–Crippen LogP) is 9.97. The fourth-order valence-electron chi connectivity index (χ4n) is 5.45. The highest BCUT2D eigenvalue weighted by atomic mass is 35.5. The highest BCUT2D eigenvalue weighted by molar-refractivity contribution is 6.36. The van der Waals surface area contributed by atoms with Crippen LogP contribution in [0.5, 0.6) is 5.75 Å². The number of aromatic nitrogens is 2. The van der Waals surface area contributed by atoms with Crippen LogP contribution in [0.15, 0.2) is 97.2 Å². The molecule has 1 atom stereocenters. The first-order chi connectivity index (χ1) is 23.4. The Morgan fingerprint density at radius 2 is 1.55 bits per heavy atom. The summed E-state index contributed by atoms with van der Waals surface area (Å²) in [5, 5.41) is 14.1. The van der Waals surface area contributed by atoms with Crippen LogP contribution < -0.4 is 10.1 Å². The van der Waals surface area contributed by atoms with E-state index in [0.29, 0.717) is 39.5 Å². The summed E-state index contributed by atoms with van der Waals surface area (Å²) in [7, 11) is 0. The lowest BCUT2D eigenvalue weighted by Gasteiger charge is -2.28. The number of nitrogens with zero attached hydrogens (tertiary/aromatic N) is 2. The SMILES string of the molecule is CCCCn1cc(-c2ccc(Cl)cc2Cl)nc1C(Cc1ccc(OCc2ccc(C(=O)O)cc2)cc1)NC(=O)C(C)(C)c1ccc(Cl)cc1. The molecule has 0 saturated heterocycles. The number of carboxylic acid groups (broad SMARTS) is 1. The van der Waals surface area contributed by atoms with Crippen LogP contribution >= 0.6 is 34.8 Å². The Balaban J connectivity index is 1.44. The van der Waals surface area contributed by atoms with Crippen molar-refractivity contribution in [3.8, 4) is 17.0 Å². The number of aromatic carboxylic acids is 1. The molecule has 10 heteroatoms. The number of aryl methyl sites for hydroxylation is 1. The summed E-state index contributed by atoms with van der Waals surface area (Å²) in [6.45, 7) is 6.94. The van der Waals surface area contributed by atoms with Gasteiger partial charge in [-0.25, -0.2) is 9.78 Å². The Hall–Kier alpha value is -4.30. The first kappa shape index (κ1) is 36.0. The molecule has 1 unspecified atom stereocenters. The van der Waals surface area contributed by atoms with Crippen molar-refractivity contribution in [2.45, 2.75) is 64.6 Å². The number of hydrogen-bond acceptors (Lipinski definition) is 4. The number of unbranched alkanes of at least 4 members (excludes halogenated alkanes) is 1. The van der Waals surface area contributed by atoms with E-state index in [9.17, 15) is 9.59 Å². The maximum Gasteiger partial charge on any atom is 0.335 e. The number of nitrogens with one attached hydrogen (secondary N) is 1. The zero-order chi connectivity index (χ0) is 35.1. The van der Waals surface area contributed by atoms with Gasteiger partial charge in [-0.2, -0.15) is 0 Å². The predicted molar refractivity (Wildman–Crippen MR) is 196 cm³/mol. The fraction of sp³-hybridized carbons (Fsp3) is 0.256. The van der Waals surface area contributed by atoms with Gasteiger partial charge in [-0.3, -0.25) is 4.79 Å². The van der Waals surface area contributed by atoms with Gasteiger partial charge in [0.1, 0.15) is 18.2 Å². The van der Waals surface area contributed by atoms with Gasteiger partial charge in [0.2, 0.25) is 5.91 Å². The summed E-state index contributed by atoms with van der Waals surface area (Å²) >= 11 is 19.0. The summed E-state index contributed by atoms with van der Waals surface area (Å²) in [4.78, 5) is 30.3. The maximum absolute atomic E-state index is 14.1. The molecule has 0 fully saturated rings. The molecule has 0 spiro atoms. The molecular formula is C39H38Cl3N3O4. The van der Waals surface area contributed by atoms with E-state index in [1.54, 1.807) is 48.5 Å². The number of rotatable bonds is 14. The molecule has 0 aliphatic heterocycles. The number of benzene rings is 4. The van der Waals surface area contributed by atoms with Gasteiger partial charge in [0, 0.05) is 28.4 Å². The van der Waals surface area contributed by atoms with E-state index in [1.807, 2.05) is 62.5 Å². The molecule has 0 aliphatic rings. The van der Waals surface area contributed by atoms with Crippen molar-refractivity contribution in [2.24, 2.45) is 0 Å². The lowest BCUT2D eigenvalue weighted by molar-refractivity contribution is -0.126. The van der Waals surface area contributed by atoms with E-state index < -0.39 is 17.4 Å². The minimum Gasteiger partial charge on any atom is -0.489 e. The molecule has 0 aliphatic carbocycles. The van der Waals surface area contributed by atoms with Gasteiger partial charge < -0.3 is 19.7 Å². The molecule has 1 heterocycles. The molecule has 5 rings (SSSR count). The van der Waals surface area contributed by atoms with Gasteiger partial charge >= 0.3 is 5.97 Å². The number of halogens is 3. The zero-order valence-corrected chi connectivity index (χ0v) is 29.8. The largest absolute Gasteiger partial charge is 0.489 e. The second-order valence-electron chi connectivity index (χ2n) is 12.5. The lowest BCUT2D eigenvalue weighted by Crippen LogP contribution is -2.43. The Kier molecular flexibility index (Phi) is 11.7. The van der Waals surface area contributed by atoms with Crippen LogP contribution in [0.1, 0.15) is 72.5 Å². The third-order valence-corrected chi connectivity index (χ3v) is 9.29. The second kappa shape index (κ2) is 15.9. The molecule has 7 nitrogen and oxygen atoms in total. The lowest BCUT2D eigenvalue weighted by atomic mass is 9.83. The first-order valence-electron chi connectivity index (χ1n) is 16.1. The van der Waals surface area contributed by atoms with E-state index in [0.717, 1.165) is 47.5 Å². The number of carbonyl (C=O) groups is 2. The van der Waals surface area contributed by atoms with Gasteiger partial charge in [-0.15, -0.1) is 0 Å². The van der Waals surface area contributed by atoms with Crippen LogP contribution in [0.3, 0.4) is 0 Å². The van der Waals surface area contributed by atoms with Crippen molar-refractivity contribution in [3.05, 3.63) is 140 Å². The zero-order valence-electron chi connectivity index (χ0n) is 27.6. The minimum atomic E-state index is -0.969. The second-order valence-corrected chi connectivity index (χ2v) is 13.7. The number of carboxylic acids is 1. The monoisotopic (exact) mass is 717 g/mol. The average Bonchev–Trinajstić information content (AvgIpc) is 3.50. The molecule has 1 amide bonds. The van der Waals surface area contributed by atoms with Crippen LogP contribution in [-0.4, -0.2) is 26.5 Å². The van der Waals surface area contributed by atoms with E-state index in [-0.39, 0.29) is 11.5 Å². The normalized spacial score (nSPS) is 12.0. The quantitative estimate of drug-likeness (QED) is 0.119. The number of ether oxygens (including phenoxy) is 1. The van der Waals surface area contributed by atoms with Crippen LogP contribution in [0.2, 0.25) is 15.1 Å². The molecule has 1 aromatic heterocycles. The van der Waals surface area contributed by atoms with Crippen LogP contribution in [0, 0.1) is 0 Å². The summed E-state index contributed by atoms with van der Waals surface area (Å²) in [5.74, 6) is 0.272. The van der Waals surface area contributed by atoms with Crippen molar-refractivity contribution < 1.29 is 19.4 Å². The number of hydrogen-bond donors (Lipinski definition) is 2. The molecule has 0 bridgehead atoms. The number of imidazole rings is 1. The topological polar surface area (TPSA) is 93.5 Å². The van der Waals surface area contributed by atoms with Crippen molar-refractivity contribution in [3.63, 3.8) is 0 Å². The maximum atomic E-state index is 14.1. The fourth-order valence-corrected chi connectivity index (χ4v) is 6.09. The first-order valence-corrected chi connectivity index (χ1v) is 17.2. The van der Waals surface area contributed by atoms with Crippen LogP contribution in [-0.2, 0) is 29.8 Å². The van der Waals surface area contributed by atoms with Crippen molar-refractivity contribution in [1.82, 2.24) is 14.9 Å². The van der Waals surface area contributed by atoms with Crippen molar-refractivity contribution in [1.29, 1.82) is 0 Å². The molecular weight excluding hydrogens is 681 g/mol. The van der Waals surface area contributed by atoms with Crippen LogP contribution in [0.25, 0.3) is 11.3 Å². The Labute approximate surface area is 301 Å². The molecule has 4 aromatic carbocycles. The van der Waals surface area contributed by atoms with Gasteiger partial charge in [-0.1, -0.05) is 84.5 Å². The van der Waals surface area contributed by atoms with Gasteiger partial charge in [-0.05, 0) is 98.0 Å². The van der Waals surface area contributed by atoms with E-state index in [4.69, 9.17) is 49.6 Å². The molecule has 0 radical (unpaired) electrons. The van der Waals surface area contributed by atoms with E-state index >= 15 is 0 Å². The molecule has 254 valence electrons. The Morgan fingerprint density at radius 3 is 2.18 bits per heavy atom. The van der Waals surface area contributed by atoms with Crippen molar-refractivity contribution in [2.75, 3.05) is 0 Å². The minimum absolute atomic E-state index is 0.148. The summed E-state index contributed by atoms with van der Waals surface area (Å²) in [5.41, 5.74) is 3.50. The number of carbonyl (C=O) groups excluding carboxylic acids is 1. The smallest absolute Gasteiger partial charge is 0.335 e. The summed E-state index contributed by atoms with van der Waals surface area (Å²) in [6.07, 6.45) is 4.37. The Morgan fingerprint density at radius 1 is 0.898 bits per heavy atom. The molecule has 49 heavy (non-hydrogen) atoms. The van der Waals surface area contributed by atoms with Gasteiger partial charge in [0.25, 0.3) is 0 Å². The standard InChI is InChI=1S/C39H38Cl3N3O4/c1-4-5-20-45-23-35(32-19-16-30(41)22-33(32)42)43-36(45)34(44-38(48)39(2,3)28-12-14-29(40)15-13-28)21-25-8-17-31(18-9-25)49-24-26-6-10-27(11-7-26)37(46)47/h6-19,22-23,34H,4-5,20-21,24H2,1-3H3,(H,44,48)(H,46,47). The molecule has 0 saturated carbocycles. The summed E-state index contributed by atoms with van der Waals surface area (Å²) < 4.78 is 8.08. The molecule has 5 aromatic rings. The third kappa shape index (κ3) is 9.04. The van der Waals surface area contributed by atoms with Crippen LogP contribution in [0.4, 0.5) is 0 Å². The van der Waals surface area contributed by atoms with E-state index in [1.165, 1.54) is 0 Å². The Bertz CT molecular complexity index is 1900. The highest BCUT2D eigenvalue weighted by Gasteiger charge is 2.33. The average molecular weight is 719 g/mol. The van der Waals surface area contributed by atoms with E-state index in [2.05, 4.69) is 16.8 Å². The van der Waals surface area contributed by atoms with Crippen molar-refractivity contribution >= 4 is 46.7 Å². The van der Waals surface area contributed by atoms with Gasteiger partial charge in [0.15, 0.2) is 0 Å². The molecule has 2 N–H and O–H groups in total. The van der Waals surface area contributed by atoms with Gasteiger partial charge in [0.05, 0.1) is 27.7 Å². The summed E-state index contributed by atoms with van der Waals surface area (Å²) in [6, 6.07) is 26.5. The third-order valence-electron chi connectivity index (χ3n) is 8.49.